The first-order valence-corrected chi connectivity index (χ1v) is 7.47. The van der Waals surface area contributed by atoms with Crippen LogP contribution in [0.2, 0.25) is 0 Å². The van der Waals surface area contributed by atoms with Gasteiger partial charge in [0.15, 0.2) is 0 Å². The molecule has 0 saturated carbocycles. The van der Waals surface area contributed by atoms with Crippen LogP contribution in [0.25, 0.3) is 11.1 Å². The van der Waals surface area contributed by atoms with Gasteiger partial charge in [-0.25, -0.2) is 4.98 Å². The minimum atomic E-state index is -4.55. The van der Waals surface area contributed by atoms with E-state index in [1.807, 2.05) is 30.3 Å². The first-order chi connectivity index (χ1) is 11.9. The van der Waals surface area contributed by atoms with Crippen molar-refractivity contribution in [2.75, 3.05) is 0 Å². The Labute approximate surface area is 142 Å². The van der Waals surface area contributed by atoms with E-state index >= 15 is 0 Å². The van der Waals surface area contributed by atoms with Crippen LogP contribution in [-0.4, -0.2) is 10.1 Å². The fraction of sp³-hybridized carbons (Fsp3) is 0.105. The maximum absolute atomic E-state index is 13.0. The van der Waals surface area contributed by atoms with Crippen molar-refractivity contribution < 1.29 is 23.0 Å². The highest BCUT2D eigenvalue weighted by Gasteiger charge is 2.31. The molecule has 1 aromatic heterocycles. The van der Waals surface area contributed by atoms with Crippen LogP contribution in [0.4, 0.5) is 13.2 Å². The molecule has 25 heavy (non-hydrogen) atoms. The third-order valence-electron chi connectivity index (χ3n) is 3.55. The maximum Gasteiger partial charge on any atom is 0.416 e. The van der Waals surface area contributed by atoms with E-state index in [-0.39, 0.29) is 18.1 Å². The maximum atomic E-state index is 13.0. The van der Waals surface area contributed by atoms with Crippen molar-refractivity contribution in [3.05, 3.63) is 78.0 Å². The number of alkyl halides is 3. The molecular weight excluding hydrogens is 331 g/mol. The van der Waals surface area contributed by atoms with Gasteiger partial charge in [0.1, 0.15) is 12.4 Å². The fourth-order valence-electron chi connectivity index (χ4n) is 2.38. The second kappa shape index (κ2) is 6.84. The van der Waals surface area contributed by atoms with E-state index in [2.05, 4.69) is 4.98 Å². The van der Waals surface area contributed by atoms with Gasteiger partial charge in [0.2, 0.25) is 5.88 Å². The van der Waals surface area contributed by atoms with E-state index in [4.69, 9.17) is 4.74 Å². The molecule has 0 fully saturated rings. The van der Waals surface area contributed by atoms with Crippen LogP contribution < -0.4 is 4.74 Å². The molecule has 0 radical (unpaired) electrons. The van der Waals surface area contributed by atoms with E-state index in [0.717, 1.165) is 11.6 Å². The summed E-state index contributed by atoms with van der Waals surface area (Å²) in [4.78, 5) is 4.11. The Hall–Kier alpha value is -3.02. The zero-order chi connectivity index (χ0) is 17.9. The molecule has 1 N–H and O–H groups in total. The summed E-state index contributed by atoms with van der Waals surface area (Å²) < 4.78 is 44.6. The second-order valence-corrected chi connectivity index (χ2v) is 5.40. The molecule has 6 heteroatoms. The molecule has 3 rings (SSSR count). The van der Waals surface area contributed by atoms with Gasteiger partial charge in [-0.3, -0.25) is 0 Å². The van der Waals surface area contributed by atoms with Gasteiger partial charge in [0.05, 0.1) is 5.56 Å². The van der Waals surface area contributed by atoms with E-state index in [1.165, 1.54) is 12.3 Å². The van der Waals surface area contributed by atoms with Gasteiger partial charge < -0.3 is 9.84 Å². The van der Waals surface area contributed by atoms with Crippen molar-refractivity contribution in [2.45, 2.75) is 12.8 Å². The molecule has 0 spiro atoms. The van der Waals surface area contributed by atoms with E-state index in [1.54, 1.807) is 12.1 Å². The van der Waals surface area contributed by atoms with Gasteiger partial charge in [-0.05, 0) is 41.5 Å². The van der Waals surface area contributed by atoms with Gasteiger partial charge >= 0.3 is 6.18 Å². The molecule has 0 bridgehead atoms. The molecule has 0 amide bonds. The number of halogens is 3. The number of hydrogen-bond acceptors (Lipinski definition) is 3. The van der Waals surface area contributed by atoms with Crippen molar-refractivity contribution in [1.29, 1.82) is 0 Å². The summed E-state index contributed by atoms with van der Waals surface area (Å²) >= 11 is 0. The van der Waals surface area contributed by atoms with Crippen molar-refractivity contribution in [2.24, 2.45) is 0 Å². The molecule has 0 aliphatic rings. The van der Waals surface area contributed by atoms with Crippen LogP contribution in [0.3, 0.4) is 0 Å². The first kappa shape index (κ1) is 16.8. The lowest BCUT2D eigenvalue weighted by Crippen LogP contribution is -2.05. The number of rotatable bonds is 4. The minimum Gasteiger partial charge on any atom is -0.508 e. The number of hydrogen-bond donors (Lipinski definition) is 1. The van der Waals surface area contributed by atoms with E-state index in [0.29, 0.717) is 11.6 Å². The Morgan fingerprint density at radius 2 is 1.72 bits per heavy atom. The highest BCUT2D eigenvalue weighted by atomic mass is 19.4. The number of aromatic nitrogens is 1. The standard InChI is InChI=1S/C19H14F3NO2/c20-19(21,22)15-9-14(10-16(24)11-15)17-7-4-8-23-18(17)25-12-13-5-2-1-3-6-13/h1-11,24H,12H2. The van der Waals surface area contributed by atoms with Gasteiger partial charge in [-0.1, -0.05) is 30.3 Å². The summed E-state index contributed by atoms with van der Waals surface area (Å²) in [6.45, 7) is 0.232. The van der Waals surface area contributed by atoms with Crippen molar-refractivity contribution in [1.82, 2.24) is 4.98 Å². The molecule has 3 aromatic rings. The zero-order valence-electron chi connectivity index (χ0n) is 13.0. The lowest BCUT2D eigenvalue weighted by molar-refractivity contribution is -0.137. The summed E-state index contributed by atoms with van der Waals surface area (Å²) in [6.07, 6.45) is -3.06. The number of benzene rings is 2. The highest BCUT2D eigenvalue weighted by Crippen LogP contribution is 2.37. The third kappa shape index (κ3) is 4.09. The van der Waals surface area contributed by atoms with Gasteiger partial charge in [-0.2, -0.15) is 13.2 Å². The third-order valence-corrected chi connectivity index (χ3v) is 3.55. The monoisotopic (exact) mass is 345 g/mol. The molecular formula is C19H14F3NO2. The van der Waals surface area contributed by atoms with Crippen LogP contribution in [0.1, 0.15) is 11.1 Å². The molecule has 0 aliphatic carbocycles. The number of phenols is 1. The average Bonchev–Trinajstić information content (AvgIpc) is 2.60. The minimum absolute atomic E-state index is 0.184. The Morgan fingerprint density at radius 3 is 2.44 bits per heavy atom. The smallest absolute Gasteiger partial charge is 0.416 e. The quantitative estimate of drug-likeness (QED) is 0.719. The summed E-state index contributed by atoms with van der Waals surface area (Å²) in [7, 11) is 0. The molecule has 2 aromatic carbocycles. The van der Waals surface area contributed by atoms with Crippen LogP contribution >= 0.6 is 0 Å². The van der Waals surface area contributed by atoms with E-state index < -0.39 is 17.5 Å². The molecule has 0 unspecified atom stereocenters. The molecule has 0 atom stereocenters. The first-order valence-electron chi connectivity index (χ1n) is 7.47. The summed E-state index contributed by atoms with van der Waals surface area (Å²) in [5, 5.41) is 9.66. The Kier molecular flexibility index (Phi) is 4.61. The average molecular weight is 345 g/mol. The number of nitrogens with zero attached hydrogens (tertiary/aromatic N) is 1. The zero-order valence-corrected chi connectivity index (χ0v) is 13.0. The number of ether oxygens (including phenoxy) is 1. The van der Waals surface area contributed by atoms with Crippen molar-refractivity contribution in [3.63, 3.8) is 0 Å². The number of aromatic hydroxyl groups is 1. The topological polar surface area (TPSA) is 42.4 Å². The van der Waals surface area contributed by atoms with Gasteiger partial charge in [0, 0.05) is 11.8 Å². The lowest BCUT2D eigenvalue weighted by Gasteiger charge is -2.13. The van der Waals surface area contributed by atoms with Crippen molar-refractivity contribution >= 4 is 0 Å². The number of phenolic OH excluding ortho intramolecular Hbond substituents is 1. The molecule has 128 valence electrons. The molecule has 0 aliphatic heterocycles. The fourth-order valence-corrected chi connectivity index (χ4v) is 2.38. The molecule has 3 nitrogen and oxygen atoms in total. The Bertz CT molecular complexity index is 864. The van der Waals surface area contributed by atoms with Crippen molar-refractivity contribution in [3.8, 4) is 22.8 Å². The van der Waals surface area contributed by atoms with Gasteiger partial charge in [-0.15, -0.1) is 0 Å². The summed E-state index contributed by atoms with van der Waals surface area (Å²) in [5.41, 5.74) is 0.537. The van der Waals surface area contributed by atoms with Crippen LogP contribution in [0, 0.1) is 0 Å². The van der Waals surface area contributed by atoms with Crippen LogP contribution in [0.15, 0.2) is 66.9 Å². The predicted molar refractivity (Wildman–Crippen MR) is 87.1 cm³/mol. The number of pyridine rings is 1. The molecule has 1 heterocycles. The predicted octanol–water partition coefficient (Wildman–Crippen LogP) is 5.05. The summed E-state index contributed by atoms with van der Waals surface area (Å²) in [5.74, 6) is -0.271. The highest BCUT2D eigenvalue weighted by molar-refractivity contribution is 5.70. The van der Waals surface area contributed by atoms with Gasteiger partial charge in [0.25, 0.3) is 0 Å². The lowest BCUT2D eigenvalue weighted by atomic mass is 10.0. The van der Waals surface area contributed by atoms with Crippen LogP contribution in [-0.2, 0) is 12.8 Å². The molecule has 0 saturated heterocycles. The van der Waals surface area contributed by atoms with Crippen LogP contribution in [0.5, 0.6) is 11.6 Å². The van der Waals surface area contributed by atoms with E-state index in [9.17, 15) is 18.3 Å². The Balaban J connectivity index is 1.94. The Morgan fingerprint density at radius 1 is 0.960 bits per heavy atom. The largest absolute Gasteiger partial charge is 0.508 e. The second-order valence-electron chi connectivity index (χ2n) is 5.40. The summed E-state index contributed by atoms with van der Waals surface area (Å²) in [6, 6.07) is 15.5. The SMILES string of the molecule is Oc1cc(-c2cccnc2OCc2ccccc2)cc(C(F)(F)F)c1. The normalized spacial score (nSPS) is 11.3.